The number of hydrogen-bond acceptors (Lipinski definition) is 11. The number of ether oxygens (including phenoxy) is 2. The molecule has 5 heterocycles. The Labute approximate surface area is 266 Å². The van der Waals surface area contributed by atoms with E-state index in [4.69, 9.17) is 14.5 Å². The van der Waals surface area contributed by atoms with E-state index in [1.807, 2.05) is 51.4 Å². The van der Waals surface area contributed by atoms with Gasteiger partial charge < -0.3 is 30.4 Å². The fourth-order valence-electron chi connectivity index (χ4n) is 5.61. The minimum atomic E-state index is -0.0979. The van der Waals surface area contributed by atoms with Crippen LogP contribution in [0.4, 0.5) is 23.4 Å². The molecule has 4 N–H and O–H groups in total. The maximum absolute atomic E-state index is 13.2. The second kappa shape index (κ2) is 12.3. The van der Waals surface area contributed by atoms with Crippen molar-refractivity contribution in [2.75, 3.05) is 42.7 Å². The number of aromatic nitrogens is 7. The highest BCUT2D eigenvalue weighted by Gasteiger charge is 2.27. The lowest BCUT2D eigenvalue weighted by atomic mass is 10.1. The van der Waals surface area contributed by atoms with Gasteiger partial charge >= 0.3 is 0 Å². The number of para-hydroxylation sites is 1. The molecule has 0 spiro atoms. The first-order valence-corrected chi connectivity index (χ1v) is 15.4. The molecule has 2 fully saturated rings. The van der Waals surface area contributed by atoms with Crippen LogP contribution in [0.5, 0.6) is 11.8 Å². The number of aryl methyl sites for hydroxylation is 3. The van der Waals surface area contributed by atoms with E-state index in [9.17, 15) is 4.79 Å². The summed E-state index contributed by atoms with van der Waals surface area (Å²) in [6.45, 7) is 5.57. The lowest BCUT2D eigenvalue weighted by Crippen LogP contribution is -2.33. The predicted molar refractivity (Wildman–Crippen MR) is 175 cm³/mol. The van der Waals surface area contributed by atoms with Gasteiger partial charge in [-0.1, -0.05) is 12.1 Å². The molecule has 1 aliphatic heterocycles. The van der Waals surface area contributed by atoms with Gasteiger partial charge in [0.15, 0.2) is 5.82 Å². The van der Waals surface area contributed by atoms with E-state index < -0.39 is 0 Å². The quantitative estimate of drug-likeness (QED) is 0.167. The molecular weight excluding hydrogens is 586 g/mol. The Balaban J connectivity index is 1.00. The summed E-state index contributed by atoms with van der Waals surface area (Å²) in [6, 6.07) is 9.90. The van der Waals surface area contributed by atoms with Crippen LogP contribution in [-0.2, 0) is 11.8 Å². The molecule has 1 amide bonds. The Morgan fingerprint density at radius 1 is 1.09 bits per heavy atom. The van der Waals surface area contributed by atoms with E-state index in [0.717, 1.165) is 59.2 Å². The van der Waals surface area contributed by atoms with Crippen molar-refractivity contribution in [2.45, 2.75) is 45.3 Å². The molecule has 0 radical (unpaired) electrons. The molecule has 14 nitrogen and oxygen atoms in total. The van der Waals surface area contributed by atoms with Crippen molar-refractivity contribution in [1.29, 1.82) is 0 Å². The van der Waals surface area contributed by atoms with Gasteiger partial charge in [0, 0.05) is 61.3 Å². The second-order valence-corrected chi connectivity index (χ2v) is 11.9. The lowest BCUT2D eigenvalue weighted by molar-refractivity contribution is -0.117. The van der Waals surface area contributed by atoms with Crippen molar-refractivity contribution >= 4 is 40.2 Å². The van der Waals surface area contributed by atoms with E-state index in [2.05, 4.69) is 45.9 Å². The summed E-state index contributed by atoms with van der Waals surface area (Å²) in [4.78, 5) is 36.8. The predicted octanol–water partition coefficient (Wildman–Crippen LogP) is 4.18. The van der Waals surface area contributed by atoms with Crippen LogP contribution in [0.3, 0.4) is 0 Å². The summed E-state index contributed by atoms with van der Waals surface area (Å²) in [5.41, 5.74) is 5.20. The third-order valence-electron chi connectivity index (χ3n) is 8.25. The van der Waals surface area contributed by atoms with E-state index in [0.29, 0.717) is 47.7 Å². The fraction of sp³-hybridized carbons (Fsp3) is 0.375. The molecule has 46 heavy (non-hydrogen) atoms. The van der Waals surface area contributed by atoms with Crippen LogP contribution in [0.15, 0.2) is 42.7 Å². The normalized spacial score (nSPS) is 16.5. The number of methoxy groups -OCH3 is 1. The number of anilines is 4. The maximum Gasteiger partial charge on any atom is 0.238 e. The van der Waals surface area contributed by atoms with Gasteiger partial charge in [-0.2, -0.15) is 15.1 Å². The van der Waals surface area contributed by atoms with Gasteiger partial charge in [0.2, 0.25) is 29.6 Å². The van der Waals surface area contributed by atoms with Crippen LogP contribution < -0.4 is 25.4 Å². The first kappa shape index (κ1) is 29.5. The summed E-state index contributed by atoms with van der Waals surface area (Å²) in [5.74, 6) is 2.47. The molecule has 1 aliphatic carbocycles. The van der Waals surface area contributed by atoms with Gasteiger partial charge in [-0.15, -0.1) is 0 Å². The van der Waals surface area contributed by atoms with Gasteiger partial charge in [0.25, 0.3) is 0 Å². The highest BCUT2D eigenvalue weighted by Crippen LogP contribution is 2.34. The van der Waals surface area contributed by atoms with Crippen molar-refractivity contribution in [1.82, 2.24) is 39.6 Å². The van der Waals surface area contributed by atoms with Crippen molar-refractivity contribution in [3.8, 4) is 23.0 Å². The van der Waals surface area contributed by atoms with Crippen LogP contribution >= 0.6 is 0 Å². The number of benzene rings is 1. The first-order valence-electron chi connectivity index (χ1n) is 15.4. The largest absolute Gasteiger partial charge is 0.481 e. The van der Waals surface area contributed by atoms with Crippen molar-refractivity contribution in [3.63, 3.8) is 0 Å². The van der Waals surface area contributed by atoms with E-state index in [1.54, 1.807) is 24.1 Å². The molecule has 1 unspecified atom stereocenters. The van der Waals surface area contributed by atoms with Crippen LogP contribution in [0.1, 0.15) is 30.5 Å². The van der Waals surface area contributed by atoms with E-state index >= 15 is 0 Å². The highest BCUT2D eigenvalue weighted by atomic mass is 16.5. The standard InChI is InChI=1S/C32H37N11O3/c1-18-14-34-31(37-25-12-19(2)42(3)41-25)40-29(18)23-15-33-30-22(23)6-5-7-24(30)36-26(44)17-43-11-10-21(16-43)46-28-13-27(45-4)38-32(39-28)35-20-8-9-20/h5-7,12-15,20-21,33H,8-11,16-17H2,1-4H3,(H,36,44)(H,35,38,39)(H,34,37,40,41). The van der Waals surface area contributed by atoms with Crippen molar-refractivity contribution in [3.05, 3.63) is 54.0 Å². The fourth-order valence-corrected chi connectivity index (χ4v) is 5.61. The number of H-pyrrole nitrogens is 1. The zero-order valence-corrected chi connectivity index (χ0v) is 26.3. The number of likely N-dealkylation sites (tertiary alicyclic amines) is 1. The Kier molecular flexibility index (Phi) is 7.86. The number of nitrogens with zero attached hydrogens (tertiary/aromatic N) is 7. The molecule has 1 saturated heterocycles. The SMILES string of the molecule is COc1cc(OC2CCN(CC(=O)Nc3cccc4c(-c5nc(Nc6cc(C)n(C)n6)ncc5C)c[nH]c34)C2)nc(NC2CC2)n1. The number of hydrogen-bond donors (Lipinski definition) is 4. The molecule has 4 aromatic heterocycles. The third-order valence-corrected chi connectivity index (χ3v) is 8.25. The summed E-state index contributed by atoms with van der Waals surface area (Å²) in [6.07, 6.45) is 6.64. The summed E-state index contributed by atoms with van der Waals surface area (Å²) >= 11 is 0. The number of fused-ring (bicyclic) bond motifs is 1. The van der Waals surface area contributed by atoms with Crippen molar-refractivity contribution < 1.29 is 14.3 Å². The summed E-state index contributed by atoms with van der Waals surface area (Å²) < 4.78 is 13.3. The molecule has 2 aliphatic rings. The van der Waals surface area contributed by atoms with Gasteiger partial charge in [-0.05, 0) is 44.7 Å². The molecular formula is C32H37N11O3. The van der Waals surface area contributed by atoms with Gasteiger partial charge in [0.05, 0.1) is 36.6 Å². The molecule has 238 valence electrons. The monoisotopic (exact) mass is 623 g/mol. The lowest BCUT2D eigenvalue weighted by Gasteiger charge is -2.17. The maximum atomic E-state index is 13.2. The number of aromatic amines is 1. The van der Waals surface area contributed by atoms with Gasteiger partial charge in [-0.25, -0.2) is 9.97 Å². The number of nitrogens with one attached hydrogen (secondary N) is 4. The molecule has 1 atom stereocenters. The Bertz CT molecular complexity index is 1880. The highest BCUT2D eigenvalue weighted by molar-refractivity contribution is 6.06. The topological polar surface area (TPSA) is 160 Å². The second-order valence-electron chi connectivity index (χ2n) is 11.9. The molecule has 0 bridgehead atoms. The molecule has 5 aromatic rings. The van der Waals surface area contributed by atoms with Gasteiger partial charge in [-0.3, -0.25) is 14.4 Å². The number of amides is 1. The number of carbonyl (C=O) groups excluding carboxylic acids is 1. The summed E-state index contributed by atoms with van der Waals surface area (Å²) in [5, 5.41) is 15.0. The minimum Gasteiger partial charge on any atom is -0.481 e. The Hall–Kier alpha value is -5.24. The zero-order valence-electron chi connectivity index (χ0n) is 26.3. The van der Waals surface area contributed by atoms with Gasteiger partial charge in [0.1, 0.15) is 6.10 Å². The Morgan fingerprint density at radius 3 is 2.72 bits per heavy atom. The smallest absolute Gasteiger partial charge is 0.238 e. The Morgan fingerprint density at radius 2 is 1.93 bits per heavy atom. The third kappa shape index (κ3) is 6.42. The van der Waals surface area contributed by atoms with Crippen LogP contribution in [0, 0.1) is 13.8 Å². The van der Waals surface area contributed by atoms with E-state index in [1.165, 1.54) is 0 Å². The average molecular weight is 624 g/mol. The summed E-state index contributed by atoms with van der Waals surface area (Å²) in [7, 11) is 3.47. The van der Waals surface area contributed by atoms with Crippen LogP contribution in [-0.4, -0.2) is 84.4 Å². The molecule has 1 saturated carbocycles. The molecule has 14 heteroatoms. The molecule has 1 aromatic carbocycles. The minimum absolute atomic E-state index is 0.0900. The van der Waals surface area contributed by atoms with Crippen LogP contribution in [0.25, 0.3) is 22.2 Å². The van der Waals surface area contributed by atoms with E-state index in [-0.39, 0.29) is 18.6 Å². The molecule has 7 rings (SSSR count). The number of rotatable bonds is 11. The zero-order chi connectivity index (χ0) is 31.8. The average Bonchev–Trinajstić information content (AvgIpc) is 3.41. The van der Waals surface area contributed by atoms with Crippen molar-refractivity contribution in [2.24, 2.45) is 7.05 Å². The number of carbonyl (C=O) groups is 1. The first-order chi connectivity index (χ1) is 22.3. The van der Waals surface area contributed by atoms with Crippen LogP contribution in [0.2, 0.25) is 0 Å².